The van der Waals surface area contributed by atoms with Gasteiger partial charge in [0.25, 0.3) is 5.91 Å². The van der Waals surface area contributed by atoms with Gasteiger partial charge in [-0.25, -0.2) is 14.8 Å². The molecule has 0 saturated heterocycles. The van der Waals surface area contributed by atoms with E-state index in [2.05, 4.69) is 25.3 Å². The highest BCUT2D eigenvalue weighted by molar-refractivity contribution is 5.97. The van der Waals surface area contributed by atoms with E-state index >= 15 is 0 Å². The highest BCUT2D eigenvalue weighted by Crippen LogP contribution is 2.24. The van der Waals surface area contributed by atoms with Crippen molar-refractivity contribution in [3.8, 4) is 0 Å². The van der Waals surface area contributed by atoms with Crippen LogP contribution < -0.4 is 21.7 Å². The van der Waals surface area contributed by atoms with Crippen molar-refractivity contribution in [2.45, 2.75) is 18.9 Å². The first-order chi connectivity index (χ1) is 15.2. The Labute approximate surface area is 181 Å². The first-order valence-electron chi connectivity index (χ1n) is 9.30. The third kappa shape index (κ3) is 4.95. The van der Waals surface area contributed by atoms with Gasteiger partial charge in [0.05, 0.1) is 6.20 Å². The summed E-state index contributed by atoms with van der Waals surface area (Å²) >= 11 is 0. The molecule has 0 bridgehead atoms. The molecule has 0 fully saturated rings. The molecule has 3 aromatic rings. The van der Waals surface area contributed by atoms with Crippen LogP contribution in [0.1, 0.15) is 23.2 Å². The van der Waals surface area contributed by atoms with Crippen molar-refractivity contribution in [3.05, 3.63) is 36.0 Å². The summed E-state index contributed by atoms with van der Waals surface area (Å²) in [6, 6.07) is 4.97. The Hall–Kier alpha value is -4.55. The van der Waals surface area contributed by atoms with Crippen molar-refractivity contribution in [1.29, 1.82) is 0 Å². The summed E-state index contributed by atoms with van der Waals surface area (Å²) in [6.07, 6.45) is 0.880. The van der Waals surface area contributed by atoms with E-state index in [9.17, 15) is 19.5 Å². The normalized spacial score (nSPS) is 11.7. The topological polar surface area (TPSA) is 211 Å². The van der Waals surface area contributed by atoms with Crippen LogP contribution in [0.25, 0.3) is 11.2 Å². The number of hydrogen-bond acceptors (Lipinski definition) is 10. The van der Waals surface area contributed by atoms with Crippen LogP contribution >= 0.6 is 0 Å². The zero-order chi connectivity index (χ0) is 23.4. The smallest absolute Gasteiger partial charge is 0.326 e. The number of carbonyl (C=O) groups excluding carboxylic acids is 1. The predicted octanol–water partition coefficient (Wildman–Crippen LogP) is 0.400. The first-order valence-corrected chi connectivity index (χ1v) is 9.30. The molecule has 166 valence electrons. The molecule has 13 nitrogen and oxygen atoms in total. The lowest BCUT2D eigenvalue weighted by Crippen LogP contribution is -2.41. The van der Waals surface area contributed by atoms with Crippen molar-refractivity contribution in [3.63, 3.8) is 0 Å². The Morgan fingerprint density at radius 1 is 1.09 bits per heavy atom. The van der Waals surface area contributed by atoms with E-state index < -0.39 is 23.9 Å². The van der Waals surface area contributed by atoms with Crippen LogP contribution in [0.3, 0.4) is 0 Å². The fourth-order valence-corrected chi connectivity index (χ4v) is 2.84. The maximum absolute atomic E-state index is 12.4. The molecule has 0 aliphatic rings. The fourth-order valence-electron chi connectivity index (χ4n) is 2.84. The lowest BCUT2D eigenvalue weighted by molar-refractivity contribution is -0.140. The van der Waals surface area contributed by atoms with Gasteiger partial charge >= 0.3 is 11.9 Å². The molecule has 0 spiro atoms. The van der Waals surface area contributed by atoms with E-state index in [4.69, 9.17) is 16.6 Å². The van der Waals surface area contributed by atoms with Crippen LogP contribution in [0.5, 0.6) is 0 Å². The van der Waals surface area contributed by atoms with Crippen LogP contribution in [0.4, 0.5) is 23.3 Å². The van der Waals surface area contributed by atoms with E-state index in [1.165, 1.54) is 18.3 Å². The number of fused-ring (bicyclic) bond motifs is 1. The number of aliphatic carboxylic acids is 2. The van der Waals surface area contributed by atoms with Gasteiger partial charge in [0.1, 0.15) is 6.04 Å². The van der Waals surface area contributed by atoms with Gasteiger partial charge in [-0.15, -0.1) is 0 Å². The highest BCUT2D eigenvalue weighted by Gasteiger charge is 2.21. The van der Waals surface area contributed by atoms with E-state index in [0.717, 1.165) is 0 Å². The van der Waals surface area contributed by atoms with E-state index in [1.807, 2.05) is 0 Å². The molecule has 0 radical (unpaired) electrons. The van der Waals surface area contributed by atoms with Gasteiger partial charge < -0.3 is 31.9 Å². The molecular weight excluding hydrogens is 420 g/mol. The van der Waals surface area contributed by atoms with Gasteiger partial charge in [0.2, 0.25) is 5.95 Å². The van der Waals surface area contributed by atoms with Gasteiger partial charge in [0.15, 0.2) is 22.8 Å². The molecule has 2 heterocycles. The Bertz CT molecular complexity index is 1180. The number of carbonyl (C=O) groups is 3. The van der Waals surface area contributed by atoms with Crippen molar-refractivity contribution in [2.75, 3.05) is 23.4 Å². The number of hydrogen-bond donors (Lipinski definition) is 5. The zero-order valence-corrected chi connectivity index (χ0v) is 16.9. The van der Waals surface area contributed by atoms with Crippen molar-refractivity contribution < 1.29 is 24.6 Å². The number of amides is 1. The molecule has 0 saturated carbocycles. The number of aromatic nitrogens is 4. The average molecular weight is 440 g/mol. The Morgan fingerprint density at radius 2 is 1.78 bits per heavy atom. The molecule has 2 aromatic heterocycles. The quantitative estimate of drug-likeness (QED) is 0.322. The molecule has 1 aromatic carbocycles. The summed E-state index contributed by atoms with van der Waals surface area (Å²) in [6.45, 7) is 0. The molecule has 1 atom stereocenters. The Morgan fingerprint density at radius 3 is 2.41 bits per heavy atom. The summed E-state index contributed by atoms with van der Waals surface area (Å²) in [5, 5.41) is 20.2. The van der Waals surface area contributed by atoms with Crippen LogP contribution in [-0.4, -0.2) is 61.1 Å². The number of nitrogen functional groups attached to an aromatic ring is 2. The zero-order valence-electron chi connectivity index (χ0n) is 16.9. The van der Waals surface area contributed by atoms with Crippen molar-refractivity contribution in [1.82, 2.24) is 25.3 Å². The fraction of sp³-hybridized carbons (Fsp3) is 0.211. The largest absolute Gasteiger partial charge is 0.481 e. The summed E-state index contributed by atoms with van der Waals surface area (Å²) in [7, 11) is 1.73. The molecule has 0 unspecified atom stereocenters. The minimum absolute atomic E-state index is 0.0255. The number of nitrogens with two attached hydrogens (primary N) is 2. The summed E-state index contributed by atoms with van der Waals surface area (Å²) < 4.78 is 0. The number of benzene rings is 1. The maximum atomic E-state index is 12.4. The second-order valence-corrected chi connectivity index (χ2v) is 6.77. The van der Waals surface area contributed by atoms with Gasteiger partial charge in [-0.1, -0.05) is 0 Å². The minimum Gasteiger partial charge on any atom is -0.481 e. The molecule has 32 heavy (non-hydrogen) atoms. The SMILES string of the molecule is CN(c1ccc(C(=O)N[C@@H](CCC(=O)O)C(=O)O)cc1)c1cnc2c(N)nc(N)nc2n1. The highest BCUT2D eigenvalue weighted by atomic mass is 16.4. The van der Waals surface area contributed by atoms with Crippen LogP contribution in [0.2, 0.25) is 0 Å². The summed E-state index contributed by atoms with van der Waals surface area (Å²) in [4.78, 5) is 52.5. The number of carboxylic acids is 2. The number of nitrogens with one attached hydrogen (secondary N) is 1. The van der Waals surface area contributed by atoms with E-state index in [0.29, 0.717) is 17.0 Å². The van der Waals surface area contributed by atoms with Gasteiger partial charge in [-0.05, 0) is 30.7 Å². The predicted molar refractivity (Wildman–Crippen MR) is 114 cm³/mol. The van der Waals surface area contributed by atoms with Crippen molar-refractivity contribution >= 4 is 52.3 Å². The monoisotopic (exact) mass is 440 g/mol. The number of anilines is 4. The van der Waals surface area contributed by atoms with Gasteiger partial charge in [0, 0.05) is 24.7 Å². The third-order valence-corrected chi connectivity index (χ3v) is 4.55. The Balaban J connectivity index is 1.76. The number of nitrogens with zero attached hydrogens (tertiary/aromatic N) is 5. The van der Waals surface area contributed by atoms with Crippen LogP contribution in [-0.2, 0) is 9.59 Å². The van der Waals surface area contributed by atoms with Gasteiger partial charge in [-0.3, -0.25) is 9.59 Å². The molecule has 0 aliphatic heterocycles. The Kier molecular flexibility index (Phi) is 6.28. The lowest BCUT2D eigenvalue weighted by atomic mass is 10.1. The number of carboxylic acid groups (broad SMARTS) is 2. The molecule has 0 aliphatic carbocycles. The van der Waals surface area contributed by atoms with Gasteiger partial charge in [-0.2, -0.15) is 9.97 Å². The molecule has 13 heteroatoms. The minimum atomic E-state index is -1.31. The van der Waals surface area contributed by atoms with Crippen LogP contribution in [0, 0.1) is 0 Å². The number of rotatable bonds is 8. The molecule has 7 N–H and O–H groups in total. The molecule has 3 rings (SSSR count). The third-order valence-electron chi connectivity index (χ3n) is 4.55. The molecule has 1 amide bonds. The molecular formula is C19H20N8O5. The van der Waals surface area contributed by atoms with E-state index in [-0.39, 0.29) is 35.8 Å². The second-order valence-electron chi connectivity index (χ2n) is 6.77. The maximum Gasteiger partial charge on any atom is 0.326 e. The standard InChI is InChI=1S/C19H20N8O5/c1-27(12-8-22-14-15(20)25-19(21)26-16(14)24-12)10-4-2-9(3-5-10)17(30)23-11(18(31)32)6-7-13(28)29/h2-5,8,11H,6-7H2,1H3,(H,23,30)(H,28,29)(H,31,32)(H4,20,21,24,25,26)/t11-/m0/s1. The summed E-state index contributed by atoms with van der Waals surface area (Å²) in [5.74, 6) is -2.56. The average Bonchev–Trinajstić information content (AvgIpc) is 2.75. The van der Waals surface area contributed by atoms with Crippen LogP contribution in [0.15, 0.2) is 30.5 Å². The second kappa shape index (κ2) is 9.07. The first kappa shape index (κ1) is 22.1. The summed E-state index contributed by atoms with van der Waals surface area (Å²) in [5.41, 5.74) is 12.8. The lowest BCUT2D eigenvalue weighted by Gasteiger charge is -2.19. The van der Waals surface area contributed by atoms with E-state index in [1.54, 1.807) is 24.1 Å². The van der Waals surface area contributed by atoms with Crippen molar-refractivity contribution in [2.24, 2.45) is 0 Å².